The van der Waals surface area contributed by atoms with Crippen molar-refractivity contribution in [2.75, 3.05) is 27.2 Å². The molecule has 21 heavy (non-hydrogen) atoms. The van der Waals surface area contributed by atoms with Gasteiger partial charge < -0.3 is 15.5 Å². The van der Waals surface area contributed by atoms with Gasteiger partial charge in [0, 0.05) is 17.5 Å². The largest absolute Gasteiger partial charge is 0.357 e. The number of nitrogens with zero attached hydrogens (tertiary/aromatic N) is 2. The average molecular weight is 306 g/mol. The summed E-state index contributed by atoms with van der Waals surface area (Å²) in [6.45, 7) is 3.76. The standard InChI is InChI=1S/C16H26N4S/c1-4-17-16(19-13-8-5-6-9-13)18-12-14(20(2)3)15-10-7-11-21-15/h5-7,10-11,13-14H,4,8-9,12H2,1-3H3,(H2,17,18,19). The van der Waals surface area contributed by atoms with E-state index in [1.165, 1.54) is 4.88 Å². The van der Waals surface area contributed by atoms with E-state index in [-0.39, 0.29) is 0 Å². The van der Waals surface area contributed by atoms with Crippen LogP contribution in [0.15, 0.2) is 34.7 Å². The Balaban J connectivity index is 1.98. The zero-order valence-electron chi connectivity index (χ0n) is 13.2. The second-order valence-electron chi connectivity index (χ2n) is 5.50. The fraction of sp³-hybridized carbons (Fsp3) is 0.562. The first-order valence-corrected chi connectivity index (χ1v) is 8.48. The summed E-state index contributed by atoms with van der Waals surface area (Å²) in [5.41, 5.74) is 0. The van der Waals surface area contributed by atoms with Gasteiger partial charge in [0.05, 0.1) is 12.6 Å². The normalized spacial score (nSPS) is 17.4. The Morgan fingerprint density at radius 3 is 2.76 bits per heavy atom. The van der Waals surface area contributed by atoms with Crippen LogP contribution in [0.3, 0.4) is 0 Å². The number of hydrogen-bond acceptors (Lipinski definition) is 3. The summed E-state index contributed by atoms with van der Waals surface area (Å²) in [6.07, 6.45) is 6.64. The zero-order chi connectivity index (χ0) is 15.1. The van der Waals surface area contributed by atoms with Crippen molar-refractivity contribution in [3.05, 3.63) is 34.5 Å². The fourth-order valence-corrected chi connectivity index (χ4v) is 3.33. The van der Waals surface area contributed by atoms with Gasteiger partial charge in [0.25, 0.3) is 0 Å². The third kappa shape index (κ3) is 4.86. The van der Waals surface area contributed by atoms with Crippen LogP contribution < -0.4 is 10.6 Å². The summed E-state index contributed by atoms with van der Waals surface area (Å²) in [5, 5.41) is 8.99. The second kappa shape index (κ2) is 8.20. The Hall–Kier alpha value is -1.33. The molecule has 0 amide bonds. The number of guanidine groups is 1. The van der Waals surface area contributed by atoms with Gasteiger partial charge >= 0.3 is 0 Å². The Morgan fingerprint density at radius 1 is 1.43 bits per heavy atom. The van der Waals surface area contributed by atoms with Crippen molar-refractivity contribution in [1.29, 1.82) is 0 Å². The van der Waals surface area contributed by atoms with E-state index in [0.29, 0.717) is 12.1 Å². The van der Waals surface area contributed by atoms with Crippen LogP contribution in [0.25, 0.3) is 0 Å². The minimum atomic E-state index is 0.335. The highest BCUT2D eigenvalue weighted by molar-refractivity contribution is 7.10. The van der Waals surface area contributed by atoms with E-state index >= 15 is 0 Å². The number of rotatable bonds is 6. The van der Waals surface area contributed by atoms with Gasteiger partial charge in [-0.3, -0.25) is 4.99 Å². The quantitative estimate of drug-likeness (QED) is 0.482. The van der Waals surface area contributed by atoms with Crippen molar-refractivity contribution in [1.82, 2.24) is 15.5 Å². The van der Waals surface area contributed by atoms with E-state index in [1.54, 1.807) is 11.3 Å². The molecule has 1 aromatic rings. The molecule has 1 aliphatic rings. The highest BCUT2D eigenvalue weighted by Crippen LogP contribution is 2.23. The lowest BCUT2D eigenvalue weighted by atomic mass is 10.2. The van der Waals surface area contributed by atoms with Gasteiger partial charge in [0.2, 0.25) is 0 Å². The molecule has 0 saturated heterocycles. The van der Waals surface area contributed by atoms with E-state index in [2.05, 4.69) is 66.2 Å². The van der Waals surface area contributed by atoms with Crippen LogP contribution in [-0.2, 0) is 0 Å². The maximum absolute atomic E-state index is 4.79. The highest BCUT2D eigenvalue weighted by Gasteiger charge is 2.16. The molecule has 0 aromatic carbocycles. The van der Waals surface area contributed by atoms with Crippen molar-refractivity contribution in [2.24, 2.45) is 4.99 Å². The summed E-state index contributed by atoms with van der Waals surface area (Å²) < 4.78 is 0. The van der Waals surface area contributed by atoms with Gasteiger partial charge in [0.1, 0.15) is 0 Å². The Bertz CT molecular complexity index is 457. The number of hydrogen-bond donors (Lipinski definition) is 2. The summed E-state index contributed by atoms with van der Waals surface area (Å²) in [7, 11) is 4.22. The summed E-state index contributed by atoms with van der Waals surface area (Å²) >= 11 is 1.80. The summed E-state index contributed by atoms with van der Waals surface area (Å²) in [6, 6.07) is 5.12. The lowest BCUT2D eigenvalue weighted by molar-refractivity contribution is 0.310. The lowest BCUT2D eigenvalue weighted by Gasteiger charge is -2.23. The first-order valence-electron chi connectivity index (χ1n) is 7.60. The van der Waals surface area contributed by atoms with E-state index < -0.39 is 0 Å². The van der Waals surface area contributed by atoms with Crippen LogP contribution >= 0.6 is 11.3 Å². The number of thiophene rings is 1. The molecule has 2 N–H and O–H groups in total. The van der Waals surface area contributed by atoms with Crippen LogP contribution in [0.2, 0.25) is 0 Å². The third-order valence-electron chi connectivity index (χ3n) is 3.61. The van der Waals surface area contributed by atoms with Crippen molar-refractivity contribution < 1.29 is 0 Å². The van der Waals surface area contributed by atoms with Crippen molar-refractivity contribution >= 4 is 17.3 Å². The highest BCUT2D eigenvalue weighted by atomic mass is 32.1. The summed E-state index contributed by atoms with van der Waals surface area (Å²) in [5.74, 6) is 0.926. The molecule has 0 saturated carbocycles. The Labute approximate surface area is 132 Å². The molecule has 0 radical (unpaired) electrons. The van der Waals surface area contributed by atoms with Crippen molar-refractivity contribution in [3.63, 3.8) is 0 Å². The van der Waals surface area contributed by atoms with Gasteiger partial charge in [-0.05, 0) is 45.3 Å². The van der Waals surface area contributed by atoms with Gasteiger partial charge in [-0.1, -0.05) is 18.2 Å². The zero-order valence-corrected chi connectivity index (χ0v) is 14.0. The number of aliphatic imine (C=N–C) groups is 1. The second-order valence-corrected chi connectivity index (χ2v) is 6.48. The molecule has 1 unspecified atom stereocenters. The summed E-state index contributed by atoms with van der Waals surface area (Å²) in [4.78, 5) is 8.38. The lowest BCUT2D eigenvalue weighted by Crippen LogP contribution is -2.43. The predicted octanol–water partition coefficient (Wildman–Crippen LogP) is 2.62. The Morgan fingerprint density at radius 2 is 2.19 bits per heavy atom. The molecule has 5 heteroatoms. The number of likely N-dealkylation sites (N-methyl/N-ethyl adjacent to an activating group) is 1. The molecule has 0 spiro atoms. The van der Waals surface area contributed by atoms with Crippen molar-refractivity contribution in [3.8, 4) is 0 Å². The molecule has 1 aromatic heterocycles. The first kappa shape index (κ1) is 16.0. The van der Waals surface area contributed by atoms with Gasteiger partial charge in [-0.2, -0.15) is 0 Å². The topological polar surface area (TPSA) is 39.7 Å². The molecular weight excluding hydrogens is 280 g/mol. The maximum Gasteiger partial charge on any atom is 0.191 e. The van der Waals surface area contributed by atoms with E-state index in [1.807, 2.05) is 0 Å². The molecule has 0 fully saturated rings. The molecule has 116 valence electrons. The van der Waals surface area contributed by atoms with E-state index in [4.69, 9.17) is 4.99 Å². The maximum atomic E-state index is 4.79. The van der Waals surface area contributed by atoms with Crippen LogP contribution in [0.5, 0.6) is 0 Å². The molecule has 1 heterocycles. The third-order valence-corrected chi connectivity index (χ3v) is 4.58. The number of nitrogens with one attached hydrogen (secondary N) is 2. The minimum Gasteiger partial charge on any atom is -0.357 e. The van der Waals surface area contributed by atoms with E-state index in [0.717, 1.165) is 31.9 Å². The van der Waals surface area contributed by atoms with Gasteiger partial charge in [-0.15, -0.1) is 11.3 Å². The van der Waals surface area contributed by atoms with Gasteiger partial charge in [0.15, 0.2) is 5.96 Å². The molecular formula is C16H26N4S. The average Bonchev–Trinajstić information content (AvgIpc) is 3.11. The monoisotopic (exact) mass is 306 g/mol. The molecule has 0 aliphatic heterocycles. The SMILES string of the molecule is CCNC(=NCC(c1cccs1)N(C)C)NC1CC=CC1. The molecule has 4 nitrogen and oxygen atoms in total. The first-order chi connectivity index (χ1) is 10.2. The molecule has 1 atom stereocenters. The van der Waals surface area contributed by atoms with Crippen molar-refractivity contribution in [2.45, 2.75) is 31.8 Å². The van der Waals surface area contributed by atoms with Crippen LogP contribution in [0, 0.1) is 0 Å². The van der Waals surface area contributed by atoms with Crippen LogP contribution in [0.1, 0.15) is 30.7 Å². The minimum absolute atomic E-state index is 0.335. The molecule has 0 bridgehead atoms. The Kier molecular flexibility index (Phi) is 6.26. The molecule has 1 aliphatic carbocycles. The van der Waals surface area contributed by atoms with Crippen LogP contribution in [-0.4, -0.2) is 44.1 Å². The fourth-order valence-electron chi connectivity index (χ4n) is 2.41. The van der Waals surface area contributed by atoms with Gasteiger partial charge in [-0.25, -0.2) is 0 Å². The predicted molar refractivity (Wildman–Crippen MR) is 92.0 cm³/mol. The molecule has 2 rings (SSSR count). The van der Waals surface area contributed by atoms with E-state index in [9.17, 15) is 0 Å². The van der Waals surface area contributed by atoms with Crippen LogP contribution in [0.4, 0.5) is 0 Å². The smallest absolute Gasteiger partial charge is 0.191 e.